The first-order valence-electron chi connectivity index (χ1n) is 16.3. The summed E-state index contributed by atoms with van der Waals surface area (Å²) in [5.41, 5.74) is 3.97. The van der Waals surface area contributed by atoms with Crippen LogP contribution in [-0.2, 0) is 31.3 Å². The molecule has 7 heteroatoms. The minimum absolute atomic E-state index is 0. The van der Waals surface area contributed by atoms with Gasteiger partial charge in [0.15, 0.2) is 5.78 Å². The van der Waals surface area contributed by atoms with Gasteiger partial charge in [-0.2, -0.15) is 0 Å². The van der Waals surface area contributed by atoms with Crippen molar-refractivity contribution in [3.8, 4) is 11.3 Å². The largest absolute Gasteiger partial charge is 0.512 e. The number of ketones is 1. The van der Waals surface area contributed by atoms with E-state index in [2.05, 4.69) is 11.1 Å². The molecule has 0 fully saturated rings. The second-order valence-corrected chi connectivity index (χ2v) is 12.9. The van der Waals surface area contributed by atoms with Gasteiger partial charge in [-0.05, 0) is 73.2 Å². The van der Waals surface area contributed by atoms with E-state index in [9.17, 15) is 9.90 Å². The van der Waals surface area contributed by atoms with Gasteiger partial charge in [0.05, 0.1) is 11.3 Å². The summed E-state index contributed by atoms with van der Waals surface area (Å²) < 4.78 is 23.4. The number of aryl methyl sites for hydroxylation is 1. The summed E-state index contributed by atoms with van der Waals surface area (Å²) in [6, 6.07) is 15.0. The summed E-state index contributed by atoms with van der Waals surface area (Å²) in [5.74, 6) is 0.547. The zero-order chi connectivity index (χ0) is 33.1. The number of nitrogens with zero attached hydrogens (tertiary/aromatic N) is 2. The molecule has 0 saturated carbocycles. The molecular formula is C37H45IrN2O3S-. The molecule has 0 atom stereocenters. The summed E-state index contributed by atoms with van der Waals surface area (Å²) >= 11 is 1.47. The molecule has 1 radical (unpaired) electrons. The van der Waals surface area contributed by atoms with Gasteiger partial charge in [-0.1, -0.05) is 71.5 Å². The maximum absolute atomic E-state index is 11.7. The summed E-state index contributed by atoms with van der Waals surface area (Å²) in [7, 11) is 0. The van der Waals surface area contributed by atoms with Gasteiger partial charge in [0.1, 0.15) is 4.83 Å². The molecule has 5 nitrogen and oxygen atoms in total. The Labute approximate surface area is 282 Å². The number of carbonyl (C=O) groups excluding carboxylic acids is 1. The third-order valence-electron chi connectivity index (χ3n) is 7.72. The van der Waals surface area contributed by atoms with Crippen molar-refractivity contribution in [1.29, 1.82) is 0 Å². The van der Waals surface area contributed by atoms with E-state index in [1.54, 1.807) is 0 Å². The van der Waals surface area contributed by atoms with Gasteiger partial charge in [0, 0.05) is 57.2 Å². The Balaban J connectivity index is 0.000000309. The van der Waals surface area contributed by atoms with Crippen LogP contribution in [0.25, 0.3) is 43.5 Å². The Kier molecular flexibility index (Phi) is 11.4. The van der Waals surface area contributed by atoms with Crippen molar-refractivity contribution in [2.45, 2.75) is 87.4 Å². The Morgan fingerprint density at radius 3 is 2.30 bits per heavy atom. The predicted molar refractivity (Wildman–Crippen MR) is 181 cm³/mol. The van der Waals surface area contributed by atoms with Crippen LogP contribution in [0.4, 0.5) is 0 Å². The summed E-state index contributed by atoms with van der Waals surface area (Å²) in [6.07, 6.45) is 3.45. The number of rotatable bonds is 9. The molecule has 0 saturated heterocycles. The molecule has 0 spiro atoms. The topological polar surface area (TPSA) is 76.2 Å². The van der Waals surface area contributed by atoms with Gasteiger partial charge in [-0.15, -0.1) is 29.5 Å². The molecule has 237 valence electrons. The first kappa shape index (κ1) is 32.5. The van der Waals surface area contributed by atoms with Crippen molar-refractivity contribution in [3.05, 3.63) is 70.9 Å². The number of aliphatic hydroxyl groups is 1. The van der Waals surface area contributed by atoms with Crippen molar-refractivity contribution in [2.75, 3.05) is 0 Å². The van der Waals surface area contributed by atoms with E-state index in [4.69, 9.17) is 12.1 Å². The smallest absolute Gasteiger partial charge is 0.216 e. The van der Waals surface area contributed by atoms with Crippen molar-refractivity contribution in [1.82, 2.24) is 9.97 Å². The maximum Gasteiger partial charge on any atom is 0.216 e. The van der Waals surface area contributed by atoms with E-state index in [1.807, 2.05) is 97.2 Å². The number of carbonyl (C=O) groups is 1. The molecule has 0 bridgehead atoms. The normalized spacial score (nSPS) is 13.2. The zero-order valence-electron chi connectivity index (χ0n) is 29.0. The van der Waals surface area contributed by atoms with Gasteiger partial charge in [0.25, 0.3) is 0 Å². The third-order valence-corrected chi connectivity index (χ3v) is 8.61. The SMILES string of the molecule is CCC(CC)C(=O)/C=C(\O)C(CC)CC.[2H]C([2H])(c1csc2nc(-c3[c-]ccc4c3oc3nc(C)ccc34)ccc12)C(C)(C)C.[Ir]. The number of fused-ring (bicyclic) bond motifs is 4. The number of thiophene rings is 1. The van der Waals surface area contributed by atoms with Crippen LogP contribution in [-0.4, -0.2) is 20.9 Å². The van der Waals surface area contributed by atoms with Gasteiger partial charge in [-0.25, -0.2) is 4.98 Å². The summed E-state index contributed by atoms with van der Waals surface area (Å²) in [4.78, 5) is 21.9. The molecule has 0 unspecified atom stereocenters. The second kappa shape index (κ2) is 15.4. The third kappa shape index (κ3) is 8.24. The fourth-order valence-corrected chi connectivity index (χ4v) is 6.11. The number of aliphatic hydroxyl groups excluding tert-OH is 1. The zero-order valence-corrected chi connectivity index (χ0v) is 30.2. The molecule has 5 rings (SSSR count). The molecule has 1 aromatic carbocycles. The number of benzene rings is 1. The van der Waals surface area contributed by atoms with Crippen LogP contribution in [0.5, 0.6) is 0 Å². The van der Waals surface area contributed by atoms with Crippen molar-refractivity contribution in [3.63, 3.8) is 0 Å². The molecule has 0 aliphatic carbocycles. The van der Waals surface area contributed by atoms with E-state index >= 15 is 0 Å². The maximum atomic E-state index is 11.7. The Morgan fingerprint density at radius 1 is 1.00 bits per heavy atom. The first-order valence-corrected chi connectivity index (χ1v) is 16.2. The van der Waals surface area contributed by atoms with Crippen LogP contribution in [0.3, 0.4) is 0 Å². The van der Waals surface area contributed by atoms with Crippen molar-refractivity contribution < 1.29 is 37.2 Å². The fraction of sp³-hybridized carbons (Fsp3) is 0.432. The molecule has 0 aliphatic rings. The minimum Gasteiger partial charge on any atom is -0.512 e. The standard InChI is InChI=1S/C24H21N2OS.C13H24O2.Ir/c1-14-8-9-18-17-6-5-7-19(21(17)27-22(18)25-14)20-11-10-16-15(12-24(2,3)4)13-28-23(16)26-20;1-5-10(6-2)12(14)9-13(15)11(7-3)8-4;/h5-6,8-11,13H,12H2,1-4H3;9-11,14H,5-8H2,1-4H3;/q-1;;/b;12-9-;/i12D2;;. The molecule has 4 heterocycles. The molecule has 0 aliphatic heterocycles. The number of hydrogen-bond acceptors (Lipinski definition) is 6. The van der Waals surface area contributed by atoms with E-state index in [-0.39, 0.29) is 43.5 Å². The van der Waals surface area contributed by atoms with Crippen LogP contribution in [0, 0.1) is 30.2 Å². The number of pyridine rings is 2. The van der Waals surface area contributed by atoms with Crippen LogP contribution < -0.4 is 0 Å². The number of allylic oxidation sites excluding steroid dienone is 2. The fourth-order valence-electron chi connectivity index (χ4n) is 5.24. The summed E-state index contributed by atoms with van der Waals surface area (Å²) in [6.45, 7) is 15.8. The van der Waals surface area contributed by atoms with Crippen molar-refractivity contribution in [2.24, 2.45) is 17.3 Å². The molecule has 0 amide bonds. The van der Waals surface area contributed by atoms with Crippen LogP contribution >= 0.6 is 11.3 Å². The Bertz CT molecular complexity index is 1830. The Hall–Kier alpha value is -2.86. The predicted octanol–water partition coefficient (Wildman–Crippen LogP) is 10.8. The van der Waals surface area contributed by atoms with E-state index in [0.29, 0.717) is 11.3 Å². The monoisotopic (exact) mass is 792 g/mol. The number of furan rings is 1. The van der Waals surface area contributed by atoms with E-state index in [0.717, 1.165) is 69.2 Å². The van der Waals surface area contributed by atoms with Crippen LogP contribution in [0.1, 0.15) is 88.1 Å². The molecule has 4 aromatic heterocycles. The average molecular weight is 792 g/mol. The second-order valence-electron chi connectivity index (χ2n) is 12.1. The van der Waals surface area contributed by atoms with Gasteiger partial charge in [-0.3, -0.25) is 9.78 Å². The quantitative estimate of drug-likeness (QED) is 0.0914. The molecule has 5 aromatic rings. The van der Waals surface area contributed by atoms with E-state index in [1.165, 1.54) is 17.4 Å². The van der Waals surface area contributed by atoms with Crippen molar-refractivity contribution >= 4 is 49.4 Å². The Morgan fingerprint density at radius 2 is 1.66 bits per heavy atom. The molecule has 1 N–H and O–H groups in total. The van der Waals surface area contributed by atoms with E-state index < -0.39 is 11.8 Å². The number of hydrogen-bond donors (Lipinski definition) is 1. The van der Waals surface area contributed by atoms with Gasteiger partial charge < -0.3 is 9.52 Å². The van der Waals surface area contributed by atoms with Crippen LogP contribution in [0.2, 0.25) is 0 Å². The summed E-state index contributed by atoms with van der Waals surface area (Å²) in [5, 5.41) is 14.5. The van der Waals surface area contributed by atoms with Gasteiger partial charge >= 0.3 is 0 Å². The molecular weight excluding hydrogens is 745 g/mol. The first-order chi connectivity index (χ1) is 21.3. The van der Waals surface area contributed by atoms with Gasteiger partial charge in [0.2, 0.25) is 5.71 Å². The minimum atomic E-state index is -1.46. The molecule has 44 heavy (non-hydrogen) atoms. The average Bonchev–Trinajstić information content (AvgIpc) is 3.59. The number of aromatic nitrogens is 2. The van der Waals surface area contributed by atoms with Crippen LogP contribution in [0.15, 0.2) is 58.0 Å².